The third-order valence-corrected chi connectivity index (χ3v) is 4.38. The molecule has 0 amide bonds. The highest BCUT2D eigenvalue weighted by molar-refractivity contribution is 9.09. The van der Waals surface area contributed by atoms with E-state index in [1.807, 2.05) is 20.8 Å². The molecule has 5 heteroatoms. The molecule has 0 aromatic carbocycles. The summed E-state index contributed by atoms with van der Waals surface area (Å²) in [6.07, 6.45) is 2.73. The summed E-state index contributed by atoms with van der Waals surface area (Å²) in [6.45, 7) is 8.72. The molecule has 0 aliphatic heterocycles. The zero-order chi connectivity index (χ0) is 12.8. The maximum Gasteiger partial charge on any atom is 0.211 e. The van der Waals surface area contributed by atoms with E-state index in [1.165, 1.54) is 0 Å². The second-order valence-corrected chi connectivity index (χ2v) is 8.59. The molecule has 98 valence electrons. The van der Waals surface area contributed by atoms with Crippen molar-refractivity contribution >= 4 is 26.0 Å². The van der Waals surface area contributed by atoms with Crippen molar-refractivity contribution in [2.24, 2.45) is 5.41 Å². The SMILES string of the molecule is CCCC(Br)CNS(=O)(=O)CCC(C)(C)C. The molecule has 0 heterocycles. The Morgan fingerprint density at radius 3 is 2.31 bits per heavy atom. The first kappa shape index (κ1) is 16.4. The summed E-state index contributed by atoms with van der Waals surface area (Å²) in [7, 11) is -3.11. The van der Waals surface area contributed by atoms with Crippen LogP contribution in [0.1, 0.15) is 47.0 Å². The molecule has 0 aliphatic carbocycles. The smallest absolute Gasteiger partial charge is 0.211 e. The summed E-state index contributed by atoms with van der Waals surface area (Å²) < 4.78 is 25.9. The highest BCUT2D eigenvalue weighted by Crippen LogP contribution is 2.19. The van der Waals surface area contributed by atoms with Crippen molar-refractivity contribution in [3.05, 3.63) is 0 Å². The molecular weight excluding hydrogens is 290 g/mol. The van der Waals surface area contributed by atoms with Gasteiger partial charge in [0, 0.05) is 11.4 Å². The Kier molecular flexibility index (Phi) is 7.14. The van der Waals surface area contributed by atoms with Gasteiger partial charge in [-0.05, 0) is 18.3 Å². The molecule has 0 radical (unpaired) electrons. The number of hydrogen-bond acceptors (Lipinski definition) is 2. The Morgan fingerprint density at radius 1 is 1.31 bits per heavy atom. The van der Waals surface area contributed by atoms with E-state index in [-0.39, 0.29) is 16.0 Å². The Morgan fingerprint density at radius 2 is 1.88 bits per heavy atom. The maximum absolute atomic E-state index is 11.7. The molecule has 1 unspecified atom stereocenters. The van der Waals surface area contributed by atoms with Gasteiger partial charge in [0.2, 0.25) is 10.0 Å². The van der Waals surface area contributed by atoms with Crippen molar-refractivity contribution in [3.63, 3.8) is 0 Å². The van der Waals surface area contributed by atoms with Gasteiger partial charge >= 0.3 is 0 Å². The Labute approximate surface area is 109 Å². The van der Waals surface area contributed by atoms with Crippen molar-refractivity contribution in [2.45, 2.75) is 51.8 Å². The van der Waals surface area contributed by atoms with E-state index < -0.39 is 10.0 Å². The van der Waals surface area contributed by atoms with Crippen molar-refractivity contribution in [2.75, 3.05) is 12.3 Å². The fraction of sp³-hybridized carbons (Fsp3) is 1.00. The van der Waals surface area contributed by atoms with Gasteiger partial charge in [-0.2, -0.15) is 0 Å². The molecule has 0 saturated heterocycles. The molecule has 1 atom stereocenters. The third-order valence-electron chi connectivity index (χ3n) is 2.25. The van der Waals surface area contributed by atoms with Gasteiger partial charge in [0.15, 0.2) is 0 Å². The lowest BCUT2D eigenvalue weighted by Crippen LogP contribution is -2.32. The Balaban J connectivity index is 3.97. The molecule has 1 N–H and O–H groups in total. The van der Waals surface area contributed by atoms with E-state index >= 15 is 0 Å². The molecule has 0 spiro atoms. The van der Waals surface area contributed by atoms with E-state index in [2.05, 4.69) is 27.6 Å². The Hall–Kier alpha value is 0.390. The summed E-state index contributed by atoms with van der Waals surface area (Å²) in [5.41, 5.74) is 0.0615. The lowest BCUT2D eigenvalue weighted by atomic mass is 9.94. The number of nitrogens with one attached hydrogen (secondary N) is 1. The number of hydrogen-bond donors (Lipinski definition) is 1. The first-order valence-corrected chi connectivity index (χ1v) is 8.34. The van der Waals surface area contributed by atoms with Crippen LogP contribution < -0.4 is 4.72 Å². The first-order valence-electron chi connectivity index (χ1n) is 5.78. The number of halogens is 1. The van der Waals surface area contributed by atoms with Crippen LogP contribution in [0.4, 0.5) is 0 Å². The number of rotatable bonds is 7. The predicted molar refractivity (Wildman–Crippen MR) is 73.5 cm³/mol. The molecule has 0 aromatic rings. The molecule has 3 nitrogen and oxygen atoms in total. The van der Waals surface area contributed by atoms with Gasteiger partial charge in [0.05, 0.1) is 5.75 Å². The zero-order valence-corrected chi connectivity index (χ0v) is 13.1. The van der Waals surface area contributed by atoms with Crippen LogP contribution in [0.25, 0.3) is 0 Å². The van der Waals surface area contributed by atoms with Gasteiger partial charge in [-0.1, -0.05) is 50.0 Å². The molecule has 0 rings (SSSR count). The van der Waals surface area contributed by atoms with Crippen LogP contribution >= 0.6 is 15.9 Å². The van der Waals surface area contributed by atoms with Crippen LogP contribution in [-0.2, 0) is 10.0 Å². The van der Waals surface area contributed by atoms with Gasteiger partial charge < -0.3 is 0 Å². The normalized spacial score (nSPS) is 15.1. The van der Waals surface area contributed by atoms with E-state index in [9.17, 15) is 8.42 Å². The average molecular weight is 314 g/mol. The monoisotopic (exact) mass is 313 g/mol. The standard InChI is InChI=1S/C11H24BrNO2S/c1-5-6-10(12)9-13-16(14,15)8-7-11(2,3)4/h10,13H,5-9H2,1-4H3. The lowest BCUT2D eigenvalue weighted by Gasteiger charge is -2.18. The third kappa shape index (κ3) is 9.60. The number of alkyl halides is 1. The fourth-order valence-corrected chi connectivity index (χ4v) is 3.46. The molecule has 0 aromatic heterocycles. The minimum atomic E-state index is -3.11. The summed E-state index contributed by atoms with van der Waals surface area (Å²) in [4.78, 5) is 0.238. The second-order valence-electron chi connectivity index (χ2n) is 5.36. The summed E-state index contributed by atoms with van der Waals surface area (Å²) in [5, 5.41) is 0. The minimum Gasteiger partial charge on any atom is -0.214 e. The van der Waals surface area contributed by atoms with Gasteiger partial charge in [-0.15, -0.1) is 0 Å². The van der Waals surface area contributed by atoms with Crippen LogP contribution in [-0.4, -0.2) is 25.5 Å². The summed E-state index contributed by atoms with van der Waals surface area (Å²) >= 11 is 3.45. The van der Waals surface area contributed by atoms with E-state index in [4.69, 9.17) is 0 Å². The lowest BCUT2D eigenvalue weighted by molar-refractivity contribution is 0.396. The van der Waals surface area contributed by atoms with Crippen molar-refractivity contribution in [1.82, 2.24) is 4.72 Å². The fourth-order valence-electron chi connectivity index (χ4n) is 1.15. The van der Waals surface area contributed by atoms with Crippen molar-refractivity contribution < 1.29 is 8.42 Å². The Bertz CT molecular complexity index is 283. The first-order chi connectivity index (χ1) is 7.16. The van der Waals surface area contributed by atoms with Gasteiger partial charge in [-0.25, -0.2) is 13.1 Å². The van der Waals surface area contributed by atoms with E-state index in [1.54, 1.807) is 0 Å². The molecular formula is C11H24BrNO2S. The average Bonchev–Trinajstić information content (AvgIpc) is 2.12. The van der Waals surface area contributed by atoms with Crippen LogP contribution in [0.2, 0.25) is 0 Å². The molecule has 0 saturated carbocycles. The zero-order valence-electron chi connectivity index (χ0n) is 10.7. The molecule has 0 bridgehead atoms. The highest BCUT2D eigenvalue weighted by atomic mass is 79.9. The largest absolute Gasteiger partial charge is 0.214 e. The molecule has 0 fully saturated rings. The minimum absolute atomic E-state index is 0.0615. The molecule has 0 aliphatic rings. The van der Waals surface area contributed by atoms with Gasteiger partial charge in [0.25, 0.3) is 0 Å². The van der Waals surface area contributed by atoms with Crippen molar-refractivity contribution in [1.29, 1.82) is 0 Å². The second kappa shape index (κ2) is 6.97. The summed E-state index contributed by atoms with van der Waals surface area (Å²) in [6, 6.07) is 0. The summed E-state index contributed by atoms with van der Waals surface area (Å²) in [5.74, 6) is 0.211. The maximum atomic E-state index is 11.7. The molecule has 16 heavy (non-hydrogen) atoms. The van der Waals surface area contributed by atoms with Crippen LogP contribution in [0.15, 0.2) is 0 Å². The van der Waals surface area contributed by atoms with E-state index in [0.717, 1.165) is 12.8 Å². The van der Waals surface area contributed by atoms with E-state index in [0.29, 0.717) is 13.0 Å². The highest BCUT2D eigenvalue weighted by Gasteiger charge is 2.17. The van der Waals surface area contributed by atoms with Crippen LogP contribution in [0, 0.1) is 5.41 Å². The quantitative estimate of drug-likeness (QED) is 0.735. The topological polar surface area (TPSA) is 46.2 Å². The van der Waals surface area contributed by atoms with Crippen LogP contribution in [0.3, 0.4) is 0 Å². The van der Waals surface area contributed by atoms with Crippen LogP contribution in [0.5, 0.6) is 0 Å². The predicted octanol–water partition coefficient (Wildman–Crippen LogP) is 2.91. The van der Waals surface area contributed by atoms with Gasteiger partial charge in [-0.3, -0.25) is 0 Å². The number of sulfonamides is 1. The van der Waals surface area contributed by atoms with Crippen molar-refractivity contribution in [3.8, 4) is 0 Å². The van der Waals surface area contributed by atoms with Gasteiger partial charge in [0.1, 0.15) is 0 Å².